The second-order valence-corrected chi connectivity index (χ2v) is 12.9. The molecular formula is C27H53IO7S. The molecule has 9 heteroatoms. The van der Waals surface area contributed by atoms with E-state index in [9.17, 15) is 8.42 Å². The number of hydrogen-bond donors (Lipinski definition) is 0. The van der Waals surface area contributed by atoms with E-state index in [-0.39, 0.29) is 18.3 Å². The highest BCUT2D eigenvalue weighted by Gasteiger charge is 2.37. The highest BCUT2D eigenvalue weighted by atomic mass is 127. The summed E-state index contributed by atoms with van der Waals surface area (Å²) < 4.78 is 51.9. The second-order valence-electron chi connectivity index (χ2n) is 10.4. The Morgan fingerprint density at radius 2 is 1.03 bits per heavy atom. The quantitative estimate of drug-likeness (QED) is 0.103. The van der Waals surface area contributed by atoms with Crippen LogP contribution in [0.4, 0.5) is 0 Å². The minimum atomic E-state index is -3.39. The van der Waals surface area contributed by atoms with Gasteiger partial charge >= 0.3 is 0 Å². The molecule has 0 spiro atoms. The molecule has 0 aromatic heterocycles. The van der Waals surface area contributed by atoms with E-state index in [2.05, 4.69) is 50.3 Å². The summed E-state index contributed by atoms with van der Waals surface area (Å²) in [7, 11) is -3.39. The Morgan fingerprint density at radius 1 is 0.694 bits per heavy atom. The third-order valence-electron chi connectivity index (χ3n) is 6.71. The molecule has 0 aromatic rings. The molecule has 0 N–H and O–H groups in total. The fraction of sp³-hybridized carbons (Fsp3) is 1.00. The predicted molar refractivity (Wildman–Crippen MR) is 154 cm³/mol. The molecule has 2 aliphatic rings. The molecule has 2 heterocycles. The fourth-order valence-corrected chi connectivity index (χ4v) is 5.22. The highest BCUT2D eigenvalue weighted by Crippen LogP contribution is 2.33. The maximum atomic E-state index is 11.0. The number of rotatable bonds is 16. The number of alkyl halides is 1. The van der Waals surface area contributed by atoms with Crippen LogP contribution in [-0.2, 0) is 33.2 Å². The van der Waals surface area contributed by atoms with Crippen LogP contribution in [0.3, 0.4) is 0 Å². The Kier molecular flexibility index (Phi) is 17.9. The largest absolute Gasteiger partial charge is 0.350 e. The summed E-state index contributed by atoms with van der Waals surface area (Å²) in [5.74, 6) is -0.125. The van der Waals surface area contributed by atoms with Crippen LogP contribution in [0.1, 0.15) is 105 Å². The van der Waals surface area contributed by atoms with Crippen LogP contribution in [0, 0.1) is 11.8 Å². The van der Waals surface area contributed by atoms with Crippen molar-refractivity contribution in [3.05, 3.63) is 0 Å². The lowest BCUT2D eigenvalue weighted by molar-refractivity contribution is -0.291. The smallest absolute Gasteiger partial charge is 0.264 e. The van der Waals surface area contributed by atoms with Crippen LogP contribution < -0.4 is 0 Å². The molecule has 7 nitrogen and oxygen atoms in total. The minimum absolute atomic E-state index is 0.0129. The molecule has 2 saturated heterocycles. The van der Waals surface area contributed by atoms with Gasteiger partial charge in [-0.05, 0) is 25.7 Å². The number of hydrogen-bond acceptors (Lipinski definition) is 7. The average molecular weight is 649 g/mol. The maximum Gasteiger partial charge on any atom is 0.264 e. The standard InChI is InChI=1S/C14H28O5S.C13H25IO2/c1-4-6-8-14(9-7-5-2)17-10-13(11-18-14)12-19-20(3,15)16;1-3-5-7-13(8-6-4-2)15-10-12(9-14)11-16-13/h13H,4-12H2,1-3H3;12H,3-11H2,1-2H3. The zero-order chi connectivity index (χ0) is 26.9. The van der Waals surface area contributed by atoms with E-state index in [1.807, 2.05) is 0 Å². The van der Waals surface area contributed by atoms with Gasteiger partial charge in [0.15, 0.2) is 11.6 Å². The molecule has 0 radical (unpaired) electrons. The fourth-order valence-electron chi connectivity index (χ4n) is 4.28. The normalized spacial score (nSPS) is 20.6. The lowest BCUT2D eigenvalue weighted by Crippen LogP contribution is -2.45. The van der Waals surface area contributed by atoms with Gasteiger partial charge in [-0.15, -0.1) is 0 Å². The highest BCUT2D eigenvalue weighted by molar-refractivity contribution is 14.1. The van der Waals surface area contributed by atoms with Gasteiger partial charge in [0, 0.05) is 41.9 Å². The molecule has 0 unspecified atom stereocenters. The van der Waals surface area contributed by atoms with Crippen LogP contribution in [0.25, 0.3) is 0 Å². The monoisotopic (exact) mass is 648 g/mol. The first-order chi connectivity index (χ1) is 17.2. The van der Waals surface area contributed by atoms with Crippen molar-refractivity contribution < 1.29 is 31.5 Å². The van der Waals surface area contributed by atoms with Gasteiger partial charge < -0.3 is 18.9 Å². The van der Waals surface area contributed by atoms with Crippen LogP contribution >= 0.6 is 22.6 Å². The Bertz CT molecular complexity index is 623. The van der Waals surface area contributed by atoms with Crippen molar-refractivity contribution in [1.29, 1.82) is 0 Å². The first-order valence-electron chi connectivity index (χ1n) is 14.1. The zero-order valence-corrected chi connectivity index (χ0v) is 26.5. The topological polar surface area (TPSA) is 80.3 Å². The minimum Gasteiger partial charge on any atom is -0.350 e. The molecule has 0 aromatic carbocycles. The van der Waals surface area contributed by atoms with Gasteiger partial charge in [-0.3, -0.25) is 4.18 Å². The first kappa shape index (κ1) is 34.5. The van der Waals surface area contributed by atoms with Gasteiger partial charge in [-0.1, -0.05) is 76.0 Å². The van der Waals surface area contributed by atoms with Crippen LogP contribution in [0.15, 0.2) is 0 Å². The third kappa shape index (κ3) is 14.0. The van der Waals surface area contributed by atoms with Gasteiger partial charge in [0.25, 0.3) is 10.1 Å². The molecule has 0 amide bonds. The summed E-state index contributed by atoms with van der Waals surface area (Å²) in [6, 6.07) is 0. The molecule has 0 aliphatic carbocycles. The van der Waals surface area contributed by atoms with Crippen LogP contribution in [0.2, 0.25) is 0 Å². The molecule has 216 valence electrons. The summed E-state index contributed by atoms with van der Waals surface area (Å²) in [4.78, 5) is 0. The molecule has 0 atom stereocenters. The van der Waals surface area contributed by atoms with Crippen LogP contribution in [-0.4, -0.2) is 63.7 Å². The lowest BCUT2D eigenvalue weighted by atomic mass is 10.00. The Labute approximate surface area is 235 Å². The first-order valence-corrected chi connectivity index (χ1v) is 17.5. The third-order valence-corrected chi connectivity index (χ3v) is 8.52. The second kappa shape index (κ2) is 18.7. The SMILES string of the molecule is CCCCC1(CCCC)OCC(CI)CO1.CCCCC1(CCCC)OCC(COS(C)(=O)=O)CO1. The van der Waals surface area contributed by atoms with Gasteiger partial charge in [0.2, 0.25) is 0 Å². The molecule has 0 saturated carbocycles. The summed E-state index contributed by atoms with van der Waals surface area (Å²) in [5, 5.41) is 0. The summed E-state index contributed by atoms with van der Waals surface area (Å²) >= 11 is 2.42. The Balaban J connectivity index is 0.000000369. The van der Waals surface area contributed by atoms with Crippen molar-refractivity contribution >= 4 is 32.7 Å². The van der Waals surface area contributed by atoms with Gasteiger partial charge in [-0.25, -0.2) is 0 Å². The van der Waals surface area contributed by atoms with Gasteiger partial charge in [0.1, 0.15) is 0 Å². The van der Waals surface area contributed by atoms with E-state index in [0.29, 0.717) is 19.1 Å². The van der Waals surface area contributed by atoms with Crippen molar-refractivity contribution in [3.8, 4) is 0 Å². The van der Waals surface area contributed by atoms with E-state index in [0.717, 1.165) is 75.3 Å². The van der Waals surface area contributed by atoms with Crippen molar-refractivity contribution in [1.82, 2.24) is 0 Å². The average Bonchev–Trinajstić information content (AvgIpc) is 2.88. The lowest BCUT2D eigenvalue weighted by Gasteiger charge is -2.40. The van der Waals surface area contributed by atoms with E-state index in [4.69, 9.17) is 23.1 Å². The molecule has 2 aliphatic heterocycles. The number of unbranched alkanes of at least 4 members (excludes halogenated alkanes) is 4. The van der Waals surface area contributed by atoms with Crippen molar-refractivity contribution in [2.45, 2.75) is 116 Å². The Hall–Kier alpha value is 0.480. The molecule has 2 fully saturated rings. The van der Waals surface area contributed by atoms with E-state index in [1.54, 1.807) is 0 Å². The van der Waals surface area contributed by atoms with E-state index < -0.39 is 15.9 Å². The Morgan fingerprint density at radius 3 is 1.31 bits per heavy atom. The number of halogens is 1. The van der Waals surface area contributed by atoms with E-state index in [1.165, 1.54) is 25.7 Å². The summed E-state index contributed by atoms with van der Waals surface area (Å²) in [6.45, 7) is 11.7. The molecular weight excluding hydrogens is 595 g/mol. The van der Waals surface area contributed by atoms with E-state index >= 15 is 0 Å². The predicted octanol–water partition coefficient (Wildman–Crippen LogP) is 6.86. The molecule has 36 heavy (non-hydrogen) atoms. The van der Waals surface area contributed by atoms with Crippen molar-refractivity contribution in [2.24, 2.45) is 11.8 Å². The summed E-state index contributed by atoms with van der Waals surface area (Å²) in [6.07, 6.45) is 14.2. The van der Waals surface area contributed by atoms with Crippen molar-refractivity contribution in [2.75, 3.05) is 43.7 Å². The zero-order valence-electron chi connectivity index (χ0n) is 23.5. The van der Waals surface area contributed by atoms with Gasteiger partial charge in [0.05, 0.1) is 39.3 Å². The molecule has 2 rings (SSSR count). The summed E-state index contributed by atoms with van der Waals surface area (Å²) in [5.41, 5.74) is 0. The van der Waals surface area contributed by atoms with Crippen LogP contribution in [0.5, 0.6) is 0 Å². The molecule has 0 bridgehead atoms. The van der Waals surface area contributed by atoms with Gasteiger partial charge in [-0.2, -0.15) is 8.42 Å². The van der Waals surface area contributed by atoms with Crippen molar-refractivity contribution in [3.63, 3.8) is 0 Å². The number of ether oxygens (including phenoxy) is 4. The maximum absolute atomic E-state index is 11.0.